The highest BCUT2D eigenvalue weighted by Crippen LogP contribution is 2.94. The lowest BCUT2D eigenvalue weighted by molar-refractivity contribution is 0.331. The monoisotopic (exact) mass is 832 g/mol. The molecule has 4 aromatic carbocycles. The fourth-order valence-corrected chi connectivity index (χ4v) is 19.4. The van der Waals surface area contributed by atoms with Crippen LogP contribution < -0.4 is 9.80 Å². The molecule has 60 heavy (non-hydrogen) atoms. The summed E-state index contributed by atoms with van der Waals surface area (Å²) in [5, 5.41) is 4.27. The van der Waals surface area contributed by atoms with Gasteiger partial charge >= 0.3 is 0 Å². The van der Waals surface area contributed by atoms with E-state index in [1.54, 1.807) is 25.1 Å². The Labute approximate surface area is 365 Å². The molecular weight excluding hydrogens is 765 g/mol. The van der Waals surface area contributed by atoms with Crippen molar-refractivity contribution in [1.82, 2.24) is 0 Å². The maximum Gasteiger partial charge on any atom is 0.0770 e. The Morgan fingerprint density at radius 3 is 1.78 bits per heavy atom. The van der Waals surface area contributed by atoms with E-state index < -0.39 is 8.75 Å². The van der Waals surface area contributed by atoms with Crippen molar-refractivity contribution in [3.8, 4) is 0 Å². The van der Waals surface area contributed by atoms with Crippen LogP contribution in [0, 0.1) is 19.3 Å². The van der Waals surface area contributed by atoms with E-state index in [1.807, 2.05) is 0 Å². The molecule has 0 N–H and O–H groups in total. The van der Waals surface area contributed by atoms with Crippen molar-refractivity contribution in [2.45, 2.75) is 165 Å². The van der Waals surface area contributed by atoms with Crippen LogP contribution in [0.4, 0.5) is 28.4 Å². The van der Waals surface area contributed by atoms with E-state index in [1.165, 1.54) is 84.9 Å². The second-order valence-electron chi connectivity index (χ2n) is 23.6. The summed E-state index contributed by atoms with van der Waals surface area (Å²) in [4.78, 5) is 8.69. The lowest BCUT2D eigenvalue weighted by Gasteiger charge is -2.55. The minimum absolute atomic E-state index is 0.0466. The minimum Gasteiger partial charge on any atom is -0.311 e. The molecule has 0 unspecified atom stereocenters. The smallest absolute Gasteiger partial charge is 0.0770 e. The average Bonchev–Trinajstić information content (AvgIpc) is 3.78. The SMILES string of the molecule is Cc1cc2c3c(c1)N(c1ccc(C(C)(C)C)cc1C)c1cc4c(cc1S31(=CC1)c1sc3ccc(C(C)(C)C)cc3c1N2C1=CC=C(C(C)(C)C)CC1)C(C)(C)CCC4(C)C. The van der Waals surface area contributed by atoms with Gasteiger partial charge in [0.2, 0.25) is 0 Å². The Balaban J connectivity index is 1.38. The van der Waals surface area contributed by atoms with Crippen LogP contribution in [0.25, 0.3) is 10.1 Å². The first kappa shape index (κ1) is 40.2. The third-order valence-corrected chi connectivity index (χ3v) is 22.7. The quantitative estimate of drug-likeness (QED) is 0.164. The molecule has 1 spiro atoms. The first-order valence-corrected chi connectivity index (χ1v) is 25.7. The third kappa shape index (κ3) is 5.41. The first-order chi connectivity index (χ1) is 27.9. The van der Waals surface area contributed by atoms with Crippen molar-refractivity contribution in [3.05, 3.63) is 117 Å². The number of fused-ring (bicyclic) bond motifs is 5. The summed E-state index contributed by atoms with van der Waals surface area (Å²) in [6.45, 7) is 36.0. The molecule has 10 rings (SSSR count). The van der Waals surface area contributed by atoms with Crippen molar-refractivity contribution in [2.24, 2.45) is 5.41 Å². The van der Waals surface area contributed by atoms with Gasteiger partial charge in [-0.3, -0.25) is 0 Å². The molecular formula is C56H68N2S2. The fourth-order valence-electron chi connectivity index (χ4n) is 11.3. The fraction of sp³-hybridized carbons (Fsp3) is 0.446. The van der Waals surface area contributed by atoms with Crippen LogP contribution in [0.2, 0.25) is 0 Å². The summed E-state index contributed by atoms with van der Waals surface area (Å²) in [6.07, 6.45) is 9.48. The highest BCUT2D eigenvalue weighted by molar-refractivity contribution is 8.54. The summed E-state index contributed by atoms with van der Waals surface area (Å²) >= 11 is 2.11. The summed E-state index contributed by atoms with van der Waals surface area (Å²) < 4.78 is 3.03. The first-order valence-electron chi connectivity index (χ1n) is 22.7. The number of benzene rings is 4. The van der Waals surface area contributed by atoms with Crippen LogP contribution in [0.15, 0.2) is 98.1 Å². The number of aryl methyl sites for hydroxylation is 2. The van der Waals surface area contributed by atoms with E-state index in [9.17, 15) is 0 Å². The lowest BCUT2D eigenvalue weighted by Crippen LogP contribution is -2.35. The van der Waals surface area contributed by atoms with Crippen LogP contribution >= 0.6 is 20.1 Å². The number of thiophene rings is 1. The van der Waals surface area contributed by atoms with Crippen molar-refractivity contribution in [3.63, 3.8) is 0 Å². The molecule has 0 saturated heterocycles. The van der Waals surface area contributed by atoms with Gasteiger partial charge in [0, 0.05) is 37.0 Å². The Morgan fingerprint density at radius 1 is 0.617 bits per heavy atom. The number of hydrogen-bond donors (Lipinski definition) is 0. The van der Waals surface area contributed by atoms with Gasteiger partial charge in [0.1, 0.15) is 0 Å². The van der Waals surface area contributed by atoms with E-state index in [0.29, 0.717) is 0 Å². The van der Waals surface area contributed by atoms with Gasteiger partial charge in [0.15, 0.2) is 0 Å². The highest BCUT2D eigenvalue weighted by Gasteiger charge is 2.61. The van der Waals surface area contributed by atoms with Crippen LogP contribution in [0.5, 0.6) is 0 Å². The number of nitrogens with zero attached hydrogens (tertiary/aromatic N) is 2. The number of rotatable bonds is 2. The van der Waals surface area contributed by atoms with Crippen molar-refractivity contribution < 1.29 is 0 Å². The Bertz CT molecular complexity index is 2860. The van der Waals surface area contributed by atoms with E-state index >= 15 is 0 Å². The summed E-state index contributed by atoms with van der Waals surface area (Å²) in [6, 6.07) is 25.4. The molecule has 1 aromatic heterocycles. The maximum absolute atomic E-state index is 2.84. The normalized spacial score (nSPS) is 21.1. The molecule has 4 heterocycles. The summed E-state index contributed by atoms with van der Waals surface area (Å²) in [5.74, 6) is 1.11. The topological polar surface area (TPSA) is 6.48 Å². The second kappa shape index (κ2) is 12.2. The maximum atomic E-state index is 2.84. The van der Waals surface area contributed by atoms with Crippen LogP contribution in [0.1, 0.15) is 149 Å². The summed E-state index contributed by atoms with van der Waals surface area (Å²) in [7, 11) is -2.69. The highest BCUT2D eigenvalue weighted by atomic mass is 32.3. The molecule has 3 aliphatic heterocycles. The molecule has 2 nitrogen and oxygen atoms in total. The van der Waals surface area contributed by atoms with E-state index in [0.717, 1.165) is 18.6 Å². The molecule has 0 saturated carbocycles. The summed E-state index contributed by atoms with van der Waals surface area (Å²) in [5.41, 5.74) is 18.9. The molecule has 0 radical (unpaired) electrons. The molecule has 0 amide bonds. The van der Waals surface area contributed by atoms with Crippen LogP contribution in [-0.2, 0) is 21.7 Å². The average molecular weight is 833 g/mol. The second-order valence-corrected chi connectivity index (χ2v) is 29.3. The van der Waals surface area contributed by atoms with Crippen molar-refractivity contribution in [2.75, 3.05) is 15.6 Å². The Kier molecular flexibility index (Phi) is 8.17. The predicted octanol–water partition coefficient (Wildman–Crippen LogP) is 17.0. The standard InChI is InChI=1S/C56H68N2S2/c1-34-28-45-50-46(29-34)58(43-22-18-37(30-35(43)2)53(6,7)8)44-32-41-42(56(14,15)25-24-55(41,12)13)33-48(44)60(50,26-27-60)51-49(40-31-38(54(9,10)11)19-23-47(40)59-51)57(45)39-20-16-36(17-21-39)52(3,4)5/h16,18-20,22-23,26,28-33H,17,21,24-25,27H2,1-15H3. The van der Waals surface area contributed by atoms with Crippen molar-refractivity contribution in [1.29, 1.82) is 0 Å². The predicted molar refractivity (Wildman–Crippen MR) is 265 cm³/mol. The van der Waals surface area contributed by atoms with Gasteiger partial charge in [-0.25, -0.2) is 0 Å². The lowest BCUT2D eigenvalue weighted by atomic mass is 9.63. The zero-order valence-corrected chi connectivity index (χ0v) is 40.9. The van der Waals surface area contributed by atoms with Gasteiger partial charge in [0.05, 0.1) is 27.0 Å². The molecule has 0 atom stereocenters. The number of hydrogen-bond acceptors (Lipinski definition) is 3. The van der Waals surface area contributed by atoms with Gasteiger partial charge in [-0.2, -0.15) is 8.75 Å². The van der Waals surface area contributed by atoms with Crippen molar-refractivity contribution >= 4 is 64.0 Å². The third-order valence-electron chi connectivity index (χ3n) is 15.3. The largest absolute Gasteiger partial charge is 0.311 e. The molecule has 314 valence electrons. The van der Waals surface area contributed by atoms with E-state index in [2.05, 4.69) is 203 Å². The van der Waals surface area contributed by atoms with Crippen LogP contribution in [0.3, 0.4) is 0 Å². The van der Waals surface area contributed by atoms with Gasteiger partial charge in [-0.15, -0.1) is 11.3 Å². The van der Waals surface area contributed by atoms with Gasteiger partial charge in [0.25, 0.3) is 0 Å². The Morgan fingerprint density at radius 2 is 1.22 bits per heavy atom. The minimum atomic E-state index is -2.69. The number of anilines is 5. The van der Waals surface area contributed by atoms with Gasteiger partial charge in [-0.1, -0.05) is 125 Å². The van der Waals surface area contributed by atoms with E-state index in [-0.39, 0.29) is 27.1 Å². The number of allylic oxidation sites excluding steroid dienone is 4. The van der Waals surface area contributed by atoms with E-state index in [4.69, 9.17) is 0 Å². The molecule has 5 aliphatic rings. The molecule has 2 aliphatic carbocycles. The molecule has 0 bridgehead atoms. The Hall–Kier alpha value is -3.86. The molecule has 0 fully saturated rings. The molecule has 4 heteroatoms. The zero-order valence-electron chi connectivity index (χ0n) is 39.3. The van der Waals surface area contributed by atoms with Gasteiger partial charge in [-0.05, 0) is 149 Å². The van der Waals surface area contributed by atoms with Crippen LogP contribution in [-0.4, -0.2) is 11.1 Å². The molecule has 5 aromatic rings. The zero-order chi connectivity index (χ0) is 42.9. The van der Waals surface area contributed by atoms with Gasteiger partial charge < -0.3 is 9.80 Å².